The van der Waals surface area contributed by atoms with Crippen LogP contribution in [0.15, 0.2) is 212 Å². The Hall–Kier alpha value is -7.68. The van der Waals surface area contributed by atoms with Crippen LogP contribution < -0.4 is 4.90 Å². The Morgan fingerprint density at radius 3 is 1.57 bits per heavy atom. The lowest BCUT2D eigenvalue weighted by Gasteiger charge is -2.33. The fourth-order valence-corrected chi connectivity index (χ4v) is 10.4. The molecule has 12 rings (SSSR count). The van der Waals surface area contributed by atoms with Crippen LogP contribution in [0.3, 0.4) is 0 Å². The average molecular weight is 807 g/mol. The highest BCUT2D eigenvalue weighted by molar-refractivity contribution is 6.21. The fraction of sp³-hybridized carbons (Fsp3) is 0.0820. The molecule has 0 radical (unpaired) electrons. The van der Waals surface area contributed by atoms with Crippen molar-refractivity contribution in [3.63, 3.8) is 0 Å². The van der Waals surface area contributed by atoms with E-state index in [9.17, 15) is 0 Å². The number of aromatic nitrogens is 1. The molecule has 1 aliphatic heterocycles. The van der Waals surface area contributed by atoms with Crippen molar-refractivity contribution in [2.75, 3.05) is 4.90 Å². The Morgan fingerprint density at radius 1 is 0.397 bits per heavy atom. The molecule has 1 unspecified atom stereocenters. The maximum atomic E-state index is 2.47. The molecular formula is C61H46N2. The lowest BCUT2D eigenvalue weighted by atomic mass is 9.86. The molecule has 0 saturated carbocycles. The van der Waals surface area contributed by atoms with Crippen molar-refractivity contribution in [1.29, 1.82) is 0 Å². The number of anilines is 3. The minimum absolute atomic E-state index is 0.476. The molecule has 0 aliphatic carbocycles. The van der Waals surface area contributed by atoms with Crippen molar-refractivity contribution in [3.05, 3.63) is 229 Å². The van der Waals surface area contributed by atoms with Crippen molar-refractivity contribution in [1.82, 2.24) is 4.57 Å². The summed E-state index contributed by atoms with van der Waals surface area (Å²) in [6.07, 6.45) is 2.01. The SMILES string of the molecule is CCC(C)c1ccc2c(c1)c1cc(-c3ccc4c(c3)Cc3ccccc3N4c3ccccc3)ccc1n2-c1ccc(-c2c3ccccc3c(-c3ccccc3)c3ccccc23)cc1. The highest BCUT2D eigenvalue weighted by atomic mass is 15.2. The molecule has 63 heavy (non-hydrogen) atoms. The van der Waals surface area contributed by atoms with Gasteiger partial charge in [-0.3, -0.25) is 0 Å². The van der Waals surface area contributed by atoms with Crippen molar-refractivity contribution >= 4 is 60.4 Å². The highest BCUT2D eigenvalue weighted by Crippen LogP contribution is 2.47. The summed E-state index contributed by atoms with van der Waals surface area (Å²) in [6.45, 7) is 4.63. The van der Waals surface area contributed by atoms with E-state index in [1.54, 1.807) is 0 Å². The molecule has 2 nitrogen and oxygen atoms in total. The maximum absolute atomic E-state index is 2.47. The standard InChI is InChI=1S/C61H46N2/c1-3-40(2)43-28-34-58-54(38-43)55-39-45(44-29-33-57-47(36-44)37-46-18-10-15-25-56(46)62(57)48-19-8-5-9-20-48)30-35-59(55)63(58)49-31-26-42(27-32-49)61-52-23-13-11-21-50(52)60(41-16-6-4-7-17-41)51-22-12-14-24-53(51)61/h4-36,38-40H,3,37H2,1-2H3. The molecule has 10 aromatic carbocycles. The second-order valence-electron chi connectivity index (χ2n) is 17.2. The summed E-state index contributed by atoms with van der Waals surface area (Å²) >= 11 is 0. The Morgan fingerprint density at radius 2 is 0.905 bits per heavy atom. The summed E-state index contributed by atoms with van der Waals surface area (Å²) in [4.78, 5) is 2.42. The van der Waals surface area contributed by atoms with Gasteiger partial charge in [-0.15, -0.1) is 0 Å². The first-order valence-electron chi connectivity index (χ1n) is 22.4. The van der Waals surface area contributed by atoms with Crippen molar-refractivity contribution in [2.45, 2.75) is 32.6 Å². The number of hydrogen-bond acceptors (Lipinski definition) is 1. The van der Waals surface area contributed by atoms with E-state index in [1.165, 1.54) is 110 Å². The van der Waals surface area contributed by atoms with Gasteiger partial charge in [-0.2, -0.15) is 0 Å². The van der Waals surface area contributed by atoms with E-state index in [-0.39, 0.29) is 0 Å². The third kappa shape index (κ3) is 6.09. The van der Waals surface area contributed by atoms with Crippen molar-refractivity contribution in [3.8, 4) is 39.1 Å². The lowest BCUT2D eigenvalue weighted by Crippen LogP contribution is -2.18. The molecule has 1 aromatic heterocycles. The van der Waals surface area contributed by atoms with Gasteiger partial charge in [0.2, 0.25) is 0 Å². The fourth-order valence-electron chi connectivity index (χ4n) is 10.4. The maximum Gasteiger partial charge on any atom is 0.0541 e. The first-order valence-corrected chi connectivity index (χ1v) is 22.4. The summed E-state index contributed by atoms with van der Waals surface area (Å²) in [6, 6.07) is 78.8. The van der Waals surface area contributed by atoms with Gasteiger partial charge < -0.3 is 9.47 Å². The summed E-state index contributed by atoms with van der Waals surface area (Å²) in [7, 11) is 0. The minimum atomic E-state index is 0.476. The second-order valence-corrected chi connectivity index (χ2v) is 17.2. The zero-order valence-electron chi connectivity index (χ0n) is 35.6. The molecule has 11 aromatic rings. The predicted molar refractivity (Wildman–Crippen MR) is 268 cm³/mol. The van der Waals surface area contributed by atoms with Gasteiger partial charge in [0.05, 0.1) is 11.0 Å². The number of benzene rings is 10. The molecule has 0 saturated heterocycles. The van der Waals surface area contributed by atoms with Gasteiger partial charge in [0.15, 0.2) is 0 Å². The van der Waals surface area contributed by atoms with E-state index in [1.807, 2.05) is 0 Å². The van der Waals surface area contributed by atoms with E-state index < -0.39 is 0 Å². The number of para-hydroxylation sites is 2. The number of nitrogens with zero attached hydrogens (tertiary/aromatic N) is 2. The number of hydrogen-bond donors (Lipinski definition) is 0. The van der Waals surface area contributed by atoms with Crippen LogP contribution in [0, 0.1) is 0 Å². The Balaban J connectivity index is 0.992. The summed E-state index contributed by atoms with van der Waals surface area (Å²) in [5, 5.41) is 7.65. The molecular weight excluding hydrogens is 761 g/mol. The molecule has 0 N–H and O–H groups in total. The van der Waals surface area contributed by atoms with Gasteiger partial charge in [-0.05, 0) is 151 Å². The molecule has 0 spiro atoms. The van der Waals surface area contributed by atoms with Crippen LogP contribution in [0.4, 0.5) is 17.1 Å². The molecule has 2 heterocycles. The quantitative estimate of drug-likeness (QED) is 0.146. The van der Waals surface area contributed by atoms with E-state index in [0.29, 0.717) is 5.92 Å². The lowest BCUT2D eigenvalue weighted by molar-refractivity contribution is 0.735. The predicted octanol–water partition coefficient (Wildman–Crippen LogP) is 17.0. The second kappa shape index (κ2) is 15.0. The molecule has 1 aliphatic rings. The van der Waals surface area contributed by atoms with Gasteiger partial charge in [0, 0.05) is 39.9 Å². The number of rotatable bonds is 7. The largest absolute Gasteiger partial charge is 0.310 e. The number of fused-ring (bicyclic) bond motifs is 7. The zero-order chi connectivity index (χ0) is 42.0. The molecule has 0 amide bonds. The van der Waals surface area contributed by atoms with Crippen LogP contribution in [-0.4, -0.2) is 4.57 Å². The van der Waals surface area contributed by atoms with E-state index >= 15 is 0 Å². The molecule has 2 heteroatoms. The van der Waals surface area contributed by atoms with Crippen molar-refractivity contribution in [2.24, 2.45) is 0 Å². The third-order valence-corrected chi connectivity index (χ3v) is 13.7. The molecule has 1 atom stereocenters. The van der Waals surface area contributed by atoms with Crippen LogP contribution in [0.5, 0.6) is 0 Å². The van der Waals surface area contributed by atoms with Crippen LogP contribution in [0.2, 0.25) is 0 Å². The zero-order valence-corrected chi connectivity index (χ0v) is 35.6. The molecule has 300 valence electrons. The highest BCUT2D eigenvalue weighted by Gasteiger charge is 2.25. The summed E-state index contributed by atoms with van der Waals surface area (Å²) in [5.41, 5.74) is 18.9. The first kappa shape index (κ1) is 37.1. The van der Waals surface area contributed by atoms with Crippen LogP contribution in [0.1, 0.15) is 42.9 Å². The Kier molecular flexibility index (Phi) is 8.86. The smallest absolute Gasteiger partial charge is 0.0541 e. The average Bonchev–Trinajstić information content (AvgIpc) is 3.68. The topological polar surface area (TPSA) is 8.17 Å². The van der Waals surface area contributed by atoms with Gasteiger partial charge in [0.1, 0.15) is 0 Å². The van der Waals surface area contributed by atoms with E-state index in [4.69, 9.17) is 0 Å². The minimum Gasteiger partial charge on any atom is -0.310 e. The van der Waals surface area contributed by atoms with Gasteiger partial charge >= 0.3 is 0 Å². The van der Waals surface area contributed by atoms with Crippen LogP contribution in [0.25, 0.3) is 82.4 Å². The molecule has 0 fully saturated rings. The Labute approximate surface area is 368 Å². The Bertz CT molecular complexity index is 3470. The third-order valence-electron chi connectivity index (χ3n) is 13.7. The summed E-state index contributed by atoms with van der Waals surface area (Å²) < 4.78 is 2.47. The first-order chi connectivity index (χ1) is 31.1. The van der Waals surface area contributed by atoms with Crippen LogP contribution in [-0.2, 0) is 6.42 Å². The van der Waals surface area contributed by atoms with E-state index in [2.05, 4.69) is 236 Å². The normalized spacial score (nSPS) is 12.8. The van der Waals surface area contributed by atoms with E-state index in [0.717, 1.165) is 18.5 Å². The van der Waals surface area contributed by atoms with Gasteiger partial charge in [-0.1, -0.05) is 159 Å². The summed E-state index contributed by atoms with van der Waals surface area (Å²) in [5.74, 6) is 0.476. The van der Waals surface area contributed by atoms with Gasteiger partial charge in [0.25, 0.3) is 0 Å². The van der Waals surface area contributed by atoms with Crippen molar-refractivity contribution < 1.29 is 0 Å². The van der Waals surface area contributed by atoms with Crippen LogP contribution >= 0.6 is 0 Å². The van der Waals surface area contributed by atoms with Gasteiger partial charge in [-0.25, -0.2) is 0 Å². The monoisotopic (exact) mass is 806 g/mol. The molecule has 0 bridgehead atoms.